The molecule has 0 saturated carbocycles. The molecule has 1 heterocycles. The highest BCUT2D eigenvalue weighted by Gasteiger charge is 2.35. The van der Waals surface area contributed by atoms with E-state index in [-0.39, 0.29) is 18.2 Å². The van der Waals surface area contributed by atoms with Gasteiger partial charge < -0.3 is 10.2 Å². The van der Waals surface area contributed by atoms with E-state index in [9.17, 15) is 9.59 Å². The molecule has 1 fully saturated rings. The van der Waals surface area contributed by atoms with E-state index < -0.39 is 5.92 Å². The zero-order valence-corrected chi connectivity index (χ0v) is 14.3. The molecule has 2 aromatic rings. The van der Waals surface area contributed by atoms with Gasteiger partial charge in [-0.25, -0.2) is 0 Å². The Balaban J connectivity index is 1.66. The van der Waals surface area contributed by atoms with E-state index in [1.165, 1.54) is 4.90 Å². The van der Waals surface area contributed by atoms with E-state index in [0.717, 1.165) is 5.56 Å². The number of halogens is 2. The van der Waals surface area contributed by atoms with E-state index in [1.54, 1.807) is 18.2 Å². The van der Waals surface area contributed by atoms with Gasteiger partial charge in [0.2, 0.25) is 11.8 Å². The first-order chi connectivity index (χ1) is 11.5. The highest BCUT2D eigenvalue weighted by Crippen LogP contribution is 2.33. The number of anilines is 1. The van der Waals surface area contributed by atoms with Crippen molar-refractivity contribution in [1.29, 1.82) is 0 Å². The van der Waals surface area contributed by atoms with E-state index in [2.05, 4.69) is 5.32 Å². The molecule has 4 nitrogen and oxygen atoms in total. The molecular formula is C18H16Cl2N2O2. The summed E-state index contributed by atoms with van der Waals surface area (Å²) >= 11 is 12.1. The van der Waals surface area contributed by atoms with Crippen LogP contribution in [0.1, 0.15) is 12.0 Å². The molecule has 2 aromatic carbocycles. The summed E-state index contributed by atoms with van der Waals surface area (Å²) in [6.07, 6.45) is 0.170. The van der Waals surface area contributed by atoms with Gasteiger partial charge in [-0.1, -0.05) is 53.5 Å². The van der Waals surface area contributed by atoms with Gasteiger partial charge in [-0.2, -0.15) is 0 Å². The summed E-state index contributed by atoms with van der Waals surface area (Å²) in [6, 6.07) is 14.6. The van der Waals surface area contributed by atoms with Crippen LogP contribution in [0.15, 0.2) is 48.5 Å². The first-order valence-electron chi connectivity index (χ1n) is 7.61. The van der Waals surface area contributed by atoms with Gasteiger partial charge >= 0.3 is 0 Å². The van der Waals surface area contributed by atoms with Crippen LogP contribution in [-0.2, 0) is 16.1 Å². The first-order valence-corrected chi connectivity index (χ1v) is 8.37. The molecule has 0 spiro atoms. The fraction of sp³-hybridized carbons (Fsp3) is 0.222. The first kappa shape index (κ1) is 16.8. The molecule has 6 heteroatoms. The Bertz CT molecular complexity index is 765. The van der Waals surface area contributed by atoms with E-state index in [1.807, 2.05) is 30.3 Å². The van der Waals surface area contributed by atoms with Crippen LogP contribution in [0.25, 0.3) is 0 Å². The maximum absolute atomic E-state index is 12.3. The Labute approximate surface area is 150 Å². The number of nitrogens with zero attached hydrogens (tertiary/aromatic N) is 1. The van der Waals surface area contributed by atoms with Crippen molar-refractivity contribution in [2.75, 3.05) is 11.4 Å². The highest BCUT2D eigenvalue weighted by molar-refractivity contribution is 6.35. The minimum Gasteiger partial charge on any atom is -0.352 e. The third-order valence-corrected chi connectivity index (χ3v) is 4.56. The molecule has 0 radical (unpaired) electrons. The number of hydrogen-bond donors (Lipinski definition) is 1. The van der Waals surface area contributed by atoms with Crippen molar-refractivity contribution in [2.45, 2.75) is 13.0 Å². The molecule has 0 unspecified atom stereocenters. The van der Waals surface area contributed by atoms with Crippen molar-refractivity contribution in [2.24, 2.45) is 5.92 Å². The van der Waals surface area contributed by atoms with Crippen molar-refractivity contribution < 1.29 is 9.59 Å². The summed E-state index contributed by atoms with van der Waals surface area (Å²) in [5, 5.41) is 3.82. The molecule has 124 valence electrons. The van der Waals surface area contributed by atoms with Gasteiger partial charge in [0.05, 0.1) is 16.6 Å². The monoisotopic (exact) mass is 362 g/mol. The maximum Gasteiger partial charge on any atom is 0.227 e. The van der Waals surface area contributed by atoms with E-state index in [0.29, 0.717) is 28.8 Å². The second-order valence-corrected chi connectivity index (χ2v) is 6.55. The number of carbonyl (C=O) groups is 2. The van der Waals surface area contributed by atoms with Crippen LogP contribution < -0.4 is 10.2 Å². The Morgan fingerprint density at radius 3 is 2.67 bits per heavy atom. The summed E-state index contributed by atoms with van der Waals surface area (Å²) in [6.45, 7) is 0.752. The molecule has 3 rings (SSSR count). The van der Waals surface area contributed by atoms with Gasteiger partial charge in [-0.3, -0.25) is 9.59 Å². The number of hydrogen-bond acceptors (Lipinski definition) is 2. The quantitative estimate of drug-likeness (QED) is 0.901. The van der Waals surface area contributed by atoms with Crippen LogP contribution in [0.5, 0.6) is 0 Å². The lowest BCUT2D eigenvalue weighted by Crippen LogP contribution is -2.32. The summed E-state index contributed by atoms with van der Waals surface area (Å²) in [5.41, 5.74) is 1.57. The van der Waals surface area contributed by atoms with E-state index in [4.69, 9.17) is 23.2 Å². The largest absolute Gasteiger partial charge is 0.352 e. The molecule has 0 aromatic heterocycles. The van der Waals surface area contributed by atoms with Crippen molar-refractivity contribution >= 4 is 40.7 Å². The normalized spacial score (nSPS) is 17.2. The highest BCUT2D eigenvalue weighted by atomic mass is 35.5. The van der Waals surface area contributed by atoms with Crippen molar-refractivity contribution in [1.82, 2.24) is 5.32 Å². The number of benzene rings is 2. The summed E-state index contributed by atoms with van der Waals surface area (Å²) in [4.78, 5) is 26.1. The van der Waals surface area contributed by atoms with Crippen LogP contribution in [0.4, 0.5) is 5.69 Å². The summed E-state index contributed by atoms with van der Waals surface area (Å²) in [5.74, 6) is -0.650. The van der Waals surface area contributed by atoms with Crippen LogP contribution in [-0.4, -0.2) is 18.4 Å². The molecule has 1 aliphatic rings. The number of carbonyl (C=O) groups excluding carboxylic acids is 2. The lowest BCUT2D eigenvalue weighted by Gasteiger charge is -2.18. The Hall–Kier alpha value is -2.04. The molecule has 24 heavy (non-hydrogen) atoms. The SMILES string of the molecule is O=C(NCc1ccccc1)[C@@H]1CC(=O)N(c2cc(Cl)ccc2Cl)C1. The third-order valence-electron chi connectivity index (χ3n) is 4.00. The Morgan fingerprint density at radius 2 is 1.92 bits per heavy atom. The lowest BCUT2D eigenvalue weighted by atomic mass is 10.1. The van der Waals surface area contributed by atoms with Gasteiger partial charge in [0.1, 0.15) is 0 Å². The fourth-order valence-corrected chi connectivity index (χ4v) is 3.12. The third kappa shape index (κ3) is 3.71. The second-order valence-electron chi connectivity index (χ2n) is 5.70. The molecule has 1 saturated heterocycles. The fourth-order valence-electron chi connectivity index (χ4n) is 2.74. The lowest BCUT2D eigenvalue weighted by molar-refractivity contribution is -0.126. The van der Waals surface area contributed by atoms with Crippen LogP contribution in [0.2, 0.25) is 10.0 Å². The van der Waals surface area contributed by atoms with Gasteiger partial charge in [0.25, 0.3) is 0 Å². The second kappa shape index (κ2) is 7.24. The van der Waals surface area contributed by atoms with Crippen molar-refractivity contribution in [3.63, 3.8) is 0 Å². The van der Waals surface area contributed by atoms with Gasteiger partial charge in [0.15, 0.2) is 0 Å². The predicted octanol–water partition coefficient (Wildman–Crippen LogP) is 3.66. The zero-order chi connectivity index (χ0) is 17.1. The molecular weight excluding hydrogens is 347 g/mol. The molecule has 1 atom stereocenters. The smallest absolute Gasteiger partial charge is 0.227 e. The predicted molar refractivity (Wildman–Crippen MR) is 95.2 cm³/mol. The average Bonchev–Trinajstić information content (AvgIpc) is 2.97. The van der Waals surface area contributed by atoms with Gasteiger partial charge in [0, 0.05) is 24.5 Å². The van der Waals surface area contributed by atoms with Crippen molar-refractivity contribution in [3.05, 3.63) is 64.1 Å². The number of nitrogens with one attached hydrogen (secondary N) is 1. The zero-order valence-electron chi connectivity index (χ0n) is 12.8. The number of rotatable bonds is 4. The molecule has 1 aliphatic heterocycles. The van der Waals surface area contributed by atoms with Crippen molar-refractivity contribution in [3.8, 4) is 0 Å². The summed E-state index contributed by atoms with van der Waals surface area (Å²) in [7, 11) is 0. The van der Waals surface area contributed by atoms with Crippen LogP contribution in [0, 0.1) is 5.92 Å². The van der Waals surface area contributed by atoms with Gasteiger partial charge in [-0.15, -0.1) is 0 Å². The molecule has 1 N–H and O–H groups in total. The van der Waals surface area contributed by atoms with Gasteiger partial charge in [-0.05, 0) is 23.8 Å². The molecule has 0 bridgehead atoms. The maximum atomic E-state index is 12.3. The van der Waals surface area contributed by atoms with Crippen LogP contribution in [0.3, 0.4) is 0 Å². The minimum absolute atomic E-state index is 0.126. The Kier molecular flexibility index (Phi) is 5.07. The summed E-state index contributed by atoms with van der Waals surface area (Å²) < 4.78 is 0. The minimum atomic E-state index is -0.392. The average molecular weight is 363 g/mol. The number of amides is 2. The Morgan fingerprint density at radius 1 is 1.17 bits per heavy atom. The molecule has 0 aliphatic carbocycles. The molecule has 2 amide bonds. The topological polar surface area (TPSA) is 49.4 Å². The van der Waals surface area contributed by atoms with Crippen LogP contribution >= 0.6 is 23.2 Å². The standard InChI is InChI=1S/C18H16Cl2N2O2/c19-14-6-7-15(20)16(9-14)22-11-13(8-17(22)23)18(24)21-10-12-4-2-1-3-5-12/h1-7,9,13H,8,10-11H2,(H,21,24)/t13-/m1/s1. The van der Waals surface area contributed by atoms with E-state index >= 15 is 0 Å².